The molecule has 2 heterocycles. The molecule has 1 N–H and O–H groups in total. The Hall–Kier alpha value is -3.94. The summed E-state index contributed by atoms with van der Waals surface area (Å²) in [5.74, 6) is 1.23. The van der Waals surface area contributed by atoms with E-state index in [0.29, 0.717) is 29.8 Å². The van der Waals surface area contributed by atoms with E-state index in [4.69, 9.17) is 4.74 Å². The van der Waals surface area contributed by atoms with E-state index in [2.05, 4.69) is 15.4 Å². The third-order valence-electron chi connectivity index (χ3n) is 5.63. The van der Waals surface area contributed by atoms with Crippen molar-refractivity contribution in [2.24, 2.45) is 0 Å². The number of nitrogens with zero attached hydrogens (tertiary/aromatic N) is 4. The number of nitrogens with one attached hydrogen (secondary N) is 1. The average molecular weight is 446 g/mol. The van der Waals surface area contributed by atoms with Crippen LogP contribution in [0.25, 0.3) is 16.7 Å². The number of hydrogen-bond donors (Lipinski definition) is 1. The molecule has 0 bridgehead atoms. The van der Waals surface area contributed by atoms with Gasteiger partial charge in [-0.25, -0.2) is 9.67 Å². The normalized spacial score (nSPS) is 11.0. The van der Waals surface area contributed by atoms with E-state index in [9.17, 15) is 9.59 Å². The number of para-hydroxylation sites is 1. The molecule has 2 aromatic carbocycles. The largest absolute Gasteiger partial charge is 0.496 e. The number of ether oxygens (including phenoxy) is 1. The lowest BCUT2D eigenvalue weighted by Gasteiger charge is -2.11. The van der Waals surface area contributed by atoms with Crippen molar-refractivity contribution < 1.29 is 9.53 Å². The molecule has 0 spiro atoms. The van der Waals surface area contributed by atoms with Crippen molar-refractivity contribution in [2.45, 2.75) is 33.2 Å². The summed E-state index contributed by atoms with van der Waals surface area (Å²) in [6, 6.07) is 15.6. The van der Waals surface area contributed by atoms with Crippen LogP contribution in [-0.4, -0.2) is 38.9 Å². The molecule has 0 aliphatic rings. The molecule has 2 aromatic heterocycles. The fourth-order valence-electron chi connectivity index (χ4n) is 3.79. The number of carbonyl (C=O) groups excluding carboxylic acids is 1. The lowest BCUT2D eigenvalue weighted by Crippen LogP contribution is -2.30. The second kappa shape index (κ2) is 9.68. The highest BCUT2D eigenvalue weighted by Crippen LogP contribution is 2.17. The number of amides is 1. The zero-order valence-electron chi connectivity index (χ0n) is 19.0. The van der Waals surface area contributed by atoms with Crippen molar-refractivity contribution in [3.05, 3.63) is 82.0 Å². The molecule has 4 aromatic rings. The number of hydrogen-bond acceptors (Lipinski definition) is 5. The summed E-state index contributed by atoms with van der Waals surface area (Å²) in [6.07, 6.45) is 2.39. The smallest absolute Gasteiger partial charge is 0.264 e. The predicted octanol–water partition coefficient (Wildman–Crippen LogP) is 2.96. The van der Waals surface area contributed by atoms with Gasteiger partial charge in [0.15, 0.2) is 5.65 Å². The Morgan fingerprint density at radius 3 is 2.61 bits per heavy atom. The van der Waals surface area contributed by atoms with Crippen LogP contribution in [-0.2, 0) is 17.8 Å². The maximum Gasteiger partial charge on any atom is 0.264 e. The van der Waals surface area contributed by atoms with Gasteiger partial charge in [-0.15, -0.1) is 0 Å². The summed E-state index contributed by atoms with van der Waals surface area (Å²) in [4.78, 5) is 30.0. The van der Waals surface area contributed by atoms with E-state index in [1.54, 1.807) is 18.7 Å². The van der Waals surface area contributed by atoms with Gasteiger partial charge in [-0.2, -0.15) is 5.10 Å². The summed E-state index contributed by atoms with van der Waals surface area (Å²) < 4.78 is 8.54. The Morgan fingerprint density at radius 1 is 1.09 bits per heavy atom. The molecule has 33 heavy (non-hydrogen) atoms. The number of benzene rings is 2. The predicted molar refractivity (Wildman–Crippen MR) is 127 cm³/mol. The van der Waals surface area contributed by atoms with Crippen molar-refractivity contribution >= 4 is 16.9 Å². The minimum absolute atomic E-state index is 0.119. The highest BCUT2D eigenvalue weighted by molar-refractivity contribution is 5.76. The topological polar surface area (TPSA) is 91.0 Å². The van der Waals surface area contributed by atoms with Gasteiger partial charge in [0.1, 0.15) is 17.0 Å². The Kier molecular flexibility index (Phi) is 6.53. The van der Waals surface area contributed by atoms with Crippen LogP contribution in [0.4, 0.5) is 0 Å². The molecule has 0 saturated carbocycles. The first-order chi connectivity index (χ1) is 16.0. The molecule has 0 saturated heterocycles. The first-order valence-corrected chi connectivity index (χ1v) is 10.9. The molecule has 8 heteroatoms. The number of aryl methyl sites for hydroxylation is 2. The van der Waals surface area contributed by atoms with Crippen molar-refractivity contribution in [3.8, 4) is 11.4 Å². The standard InChI is InChI=1S/C25H27N5O3/c1-17-8-10-20(11-9-17)30-24-21(16-27-30)25(32)29(18(2)28-24)15-13-23(31)26-14-12-19-6-4-5-7-22(19)33-3/h4-11,16H,12-15H2,1-3H3,(H,26,31). The van der Waals surface area contributed by atoms with Crippen LogP contribution in [0.15, 0.2) is 59.5 Å². The SMILES string of the molecule is COc1ccccc1CCNC(=O)CCn1c(C)nc2c(cnn2-c2ccc(C)cc2)c1=O. The van der Waals surface area contributed by atoms with Gasteiger partial charge in [0.05, 0.1) is 19.0 Å². The fourth-order valence-corrected chi connectivity index (χ4v) is 3.79. The highest BCUT2D eigenvalue weighted by Gasteiger charge is 2.15. The van der Waals surface area contributed by atoms with Crippen LogP contribution >= 0.6 is 0 Å². The molecule has 0 aliphatic heterocycles. The van der Waals surface area contributed by atoms with E-state index >= 15 is 0 Å². The third-order valence-corrected chi connectivity index (χ3v) is 5.63. The van der Waals surface area contributed by atoms with Crippen LogP contribution < -0.4 is 15.6 Å². The first-order valence-electron chi connectivity index (χ1n) is 10.9. The minimum Gasteiger partial charge on any atom is -0.496 e. The average Bonchev–Trinajstić information content (AvgIpc) is 3.23. The molecule has 0 atom stereocenters. The molecular weight excluding hydrogens is 418 g/mol. The Morgan fingerprint density at radius 2 is 1.85 bits per heavy atom. The van der Waals surface area contributed by atoms with E-state index in [-0.39, 0.29) is 24.4 Å². The monoisotopic (exact) mass is 445 g/mol. The lowest BCUT2D eigenvalue weighted by molar-refractivity contribution is -0.121. The Labute approximate surface area is 191 Å². The maximum absolute atomic E-state index is 13.1. The summed E-state index contributed by atoms with van der Waals surface area (Å²) in [6.45, 7) is 4.53. The molecule has 0 radical (unpaired) electrons. The molecular formula is C25H27N5O3. The first kappa shape index (κ1) is 22.3. The molecule has 4 rings (SSSR count). The van der Waals surface area contributed by atoms with Gasteiger partial charge in [0.2, 0.25) is 5.91 Å². The van der Waals surface area contributed by atoms with Crippen molar-refractivity contribution in [1.82, 2.24) is 24.6 Å². The summed E-state index contributed by atoms with van der Waals surface area (Å²) in [5, 5.41) is 7.71. The second-order valence-corrected chi connectivity index (χ2v) is 7.91. The van der Waals surface area contributed by atoms with Crippen molar-refractivity contribution in [3.63, 3.8) is 0 Å². The van der Waals surface area contributed by atoms with Gasteiger partial charge in [0, 0.05) is 19.5 Å². The van der Waals surface area contributed by atoms with Crippen LogP contribution in [0.2, 0.25) is 0 Å². The Balaban J connectivity index is 1.43. The van der Waals surface area contributed by atoms with Gasteiger partial charge in [-0.3, -0.25) is 14.2 Å². The molecule has 170 valence electrons. The van der Waals surface area contributed by atoms with E-state index in [1.807, 2.05) is 55.5 Å². The number of carbonyl (C=O) groups is 1. The van der Waals surface area contributed by atoms with E-state index < -0.39 is 0 Å². The number of fused-ring (bicyclic) bond motifs is 1. The van der Waals surface area contributed by atoms with E-state index in [1.165, 1.54) is 10.8 Å². The maximum atomic E-state index is 13.1. The summed E-state index contributed by atoms with van der Waals surface area (Å²) in [7, 11) is 1.63. The summed E-state index contributed by atoms with van der Waals surface area (Å²) in [5.41, 5.74) is 3.33. The van der Waals surface area contributed by atoms with Crippen LogP contribution in [0.1, 0.15) is 23.4 Å². The highest BCUT2D eigenvalue weighted by atomic mass is 16.5. The molecule has 0 fully saturated rings. The van der Waals surface area contributed by atoms with Gasteiger partial charge < -0.3 is 10.1 Å². The number of aromatic nitrogens is 4. The van der Waals surface area contributed by atoms with Gasteiger partial charge in [-0.1, -0.05) is 35.9 Å². The lowest BCUT2D eigenvalue weighted by atomic mass is 10.1. The van der Waals surface area contributed by atoms with Crippen LogP contribution in [0, 0.1) is 13.8 Å². The number of methoxy groups -OCH3 is 1. The second-order valence-electron chi connectivity index (χ2n) is 7.91. The minimum atomic E-state index is -0.197. The quantitative estimate of drug-likeness (QED) is 0.450. The molecule has 0 aliphatic carbocycles. The van der Waals surface area contributed by atoms with Gasteiger partial charge in [-0.05, 0) is 44.0 Å². The van der Waals surface area contributed by atoms with Crippen molar-refractivity contribution in [1.29, 1.82) is 0 Å². The fraction of sp³-hybridized carbons (Fsp3) is 0.280. The van der Waals surface area contributed by atoms with Crippen molar-refractivity contribution in [2.75, 3.05) is 13.7 Å². The van der Waals surface area contributed by atoms with Gasteiger partial charge >= 0.3 is 0 Å². The Bertz CT molecular complexity index is 1340. The number of rotatable bonds is 8. The van der Waals surface area contributed by atoms with E-state index in [0.717, 1.165) is 22.6 Å². The zero-order valence-corrected chi connectivity index (χ0v) is 19.0. The molecule has 0 unspecified atom stereocenters. The molecule has 8 nitrogen and oxygen atoms in total. The molecule has 1 amide bonds. The van der Waals surface area contributed by atoms with Gasteiger partial charge in [0.25, 0.3) is 5.56 Å². The summed E-state index contributed by atoms with van der Waals surface area (Å²) >= 11 is 0. The van der Waals surface area contributed by atoms with Crippen LogP contribution in [0.3, 0.4) is 0 Å². The third kappa shape index (κ3) is 4.79. The zero-order chi connectivity index (χ0) is 23.4. The van der Waals surface area contributed by atoms with Crippen LogP contribution in [0.5, 0.6) is 5.75 Å².